The minimum Gasteiger partial charge on any atom is -0.497 e. The standard InChI is InChI=1S/C20H19N5O4/c1-22-20(28)16-17(18(21)26)25(11-23-16)14-7-5-13(6-8-14)24-19(27)12-3-9-15(29-2)10-4-12/h3-11H,1-2H3,(H2,21,26)(H,22,28)(H,24,27). The average molecular weight is 393 g/mol. The summed E-state index contributed by atoms with van der Waals surface area (Å²) in [6, 6.07) is 13.4. The predicted molar refractivity (Wildman–Crippen MR) is 106 cm³/mol. The Bertz CT molecular complexity index is 1060. The summed E-state index contributed by atoms with van der Waals surface area (Å²) in [6.45, 7) is 0. The molecule has 0 fully saturated rings. The van der Waals surface area contributed by atoms with E-state index < -0.39 is 11.8 Å². The molecule has 1 heterocycles. The maximum absolute atomic E-state index is 12.4. The van der Waals surface area contributed by atoms with Gasteiger partial charge in [0.1, 0.15) is 17.8 Å². The number of carbonyl (C=O) groups excluding carboxylic acids is 3. The van der Waals surface area contributed by atoms with Gasteiger partial charge in [-0.3, -0.25) is 19.0 Å². The molecule has 0 bridgehead atoms. The SMILES string of the molecule is CNC(=O)c1ncn(-c2ccc(NC(=O)c3ccc(OC)cc3)cc2)c1C(N)=O. The highest BCUT2D eigenvalue weighted by atomic mass is 16.5. The summed E-state index contributed by atoms with van der Waals surface area (Å²) < 4.78 is 6.49. The number of hydrogen-bond donors (Lipinski definition) is 3. The second-order valence-electron chi connectivity index (χ2n) is 5.98. The number of amides is 3. The number of nitrogens with one attached hydrogen (secondary N) is 2. The Morgan fingerprint density at radius 1 is 1.00 bits per heavy atom. The van der Waals surface area contributed by atoms with Crippen LogP contribution in [-0.2, 0) is 0 Å². The fraction of sp³-hybridized carbons (Fsp3) is 0.100. The topological polar surface area (TPSA) is 128 Å². The monoisotopic (exact) mass is 393 g/mol. The van der Waals surface area contributed by atoms with Crippen LogP contribution in [0.5, 0.6) is 5.75 Å². The number of anilines is 1. The molecule has 29 heavy (non-hydrogen) atoms. The maximum atomic E-state index is 12.4. The van der Waals surface area contributed by atoms with Crippen LogP contribution in [-0.4, -0.2) is 41.4 Å². The molecule has 3 aromatic rings. The number of nitrogens with two attached hydrogens (primary N) is 1. The molecular formula is C20H19N5O4. The van der Waals surface area contributed by atoms with Crippen molar-refractivity contribution in [1.82, 2.24) is 14.9 Å². The lowest BCUT2D eigenvalue weighted by Crippen LogP contribution is -2.25. The van der Waals surface area contributed by atoms with Gasteiger partial charge in [0, 0.05) is 24.0 Å². The number of rotatable bonds is 6. The van der Waals surface area contributed by atoms with E-state index in [1.54, 1.807) is 55.6 Å². The van der Waals surface area contributed by atoms with Crippen molar-refractivity contribution >= 4 is 23.4 Å². The van der Waals surface area contributed by atoms with E-state index in [2.05, 4.69) is 15.6 Å². The lowest BCUT2D eigenvalue weighted by Gasteiger charge is -2.09. The lowest BCUT2D eigenvalue weighted by molar-refractivity contribution is 0.0937. The van der Waals surface area contributed by atoms with Gasteiger partial charge in [-0.1, -0.05) is 0 Å². The summed E-state index contributed by atoms with van der Waals surface area (Å²) >= 11 is 0. The first-order valence-corrected chi connectivity index (χ1v) is 8.59. The Kier molecular flexibility index (Phi) is 5.59. The Labute approximate surface area is 166 Å². The number of hydrogen-bond acceptors (Lipinski definition) is 5. The van der Waals surface area contributed by atoms with E-state index in [1.165, 1.54) is 17.9 Å². The minimum atomic E-state index is -0.780. The van der Waals surface area contributed by atoms with Crippen LogP contribution in [0.2, 0.25) is 0 Å². The fourth-order valence-corrected chi connectivity index (χ4v) is 2.72. The summed E-state index contributed by atoms with van der Waals surface area (Å²) in [4.78, 5) is 40.0. The molecule has 2 aromatic carbocycles. The Morgan fingerprint density at radius 3 is 2.21 bits per heavy atom. The summed E-state index contributed by atoms with van der Waals surface area (Å²) in [5, 5.41) is 5.20. The molecule has 0 unspecified atom stereocenters. The van der Waals surface area contributed by atoms with Gasteiger partial charge >= 0.3 is 0 Å². The average Bonchev–Trinajstić information content (AvgIpc) is 3.19. The zero-order chi connectivity index (χ0) is 21.0. The first kappa shape index (κ1) is 19.6. The summed E-state index contributed by atoms with van der Waals surface area (Å²) in [5.74, 6) is -0.908. The van der Waals surface area contributed by atoms with Crippen molar-refractivity contribution in [1.29, 1.82) is 0 Å². The van der Waals surface area contributed by atoms with Crippen LogP contribution in [0.15, 0.2) is 54.9 Å². The van der Waals surface area contributed by atoms with E-state index in [1.807, 2.05) is 0 Å². The molecular weight excluding hydrogens is 374 g/mol. The van der Waals surface area contributed by atoms with Crippen LogP contribution in [0.3, 0.4) is 0 Å². The lowest BCUT2D eigenvalue weighted by atomic mass is 10.2. The Morgan fingerprint density at radius 2 is 1.66 bits per heavy atom. The van der Waals surface area contributed by atoms with Gasteiger partial charge in [0.25, 0.3) is 17.7 Å². The molecule has 0 aliphatic rings. The number of methoxy groups -OCH3 is 1. The second-order valence-corrected chi connectivity index (χ2v) is 5.98. The number of benzene rings is 2. The highest BCUT2D eigenvalue weighted by molar-refractivity contribution is 6.05. The van der Waals surface area contributed by atoms with Crippen LogP contribution < -0.4 is 21.1 Å². The molecule has 0 aliphatic carbocycles. The quantitative estimate of drug-likeness (QED) is 0.586. The minimum absolute atomic E-state index is 0.0284. The van der Waals surface area contributed by atoms with Crippen LogP contribution in [0.1, 0.15) is 31.3 Å². The van der Waals surface area contributed by atoms with Gasteiger partial charge in [0.2, 0.25) is 0 Å². The molecule has 3 rings (SSSR count). The van der Waals surface area contributed by atoms with Crippen molar-refractivity contribution < 1.29 is 19.1 Å². The van der Waals surface area contributed by atoms with Crippen LogP contribution in [0, 0.1) is 0 Å². The molecule has 0 radical (unpaired) electrons. The molecule has 0 aliphatic heterocycles. The van der Waals surface area contributed by atoms with Gasteiger partial charge in [-0.15, -0.1) is 0 Å². The molecule has 0 saturated carbocycles. The molecule has 4 N–H and O–H groups in total. The Hall–Kier alpha value is -4.14. The van der Waals surface area contributed by atoms with Crippen LogP contribution in [0.25, 0.3) is 5.69 Å². The number of aromatic nitrogens is 2. The summed E-state index contributed by atoms with van der Waals surface area (Å²) in [6.07, 6.45) is 1.34. The van der Waals surface area contributed by atoms with E-state index in [4.69, 9.17) is 10.5 Å². The van der Waals surface area contributed by atoms with Gasteiger partial charge in [0.05, 0.1) is 7.11 Å². The fourth-order valence-electron chi connectivity index (χ4n) is 2.72. The third-order valence-electron chi connectivity index (χ3n) is 4.20. The first-order valence-electron chi connectivity index (χ1n) is 8.59. The largest absolute Gasteiger partial charge is 0.497 e. The molecule has 3 amide bonds. The van der Waals surface area contributed by atoms with Gasteiger partial charge in [0.15, 0.2) is 5.69 Å². The van der Waals surface area contributed by atoms with E-state index in [0.717, 1.165) is 0 Å². The van der Waals surface area contributed by atoms with Gasteiger partial charge < -0.3 is 21.1 Å². The smallest absolute Gasteiger partial charge is 0.272 e. The molecule has 0 atom stereocenters. The van der Waals surface area contributed by atoms with Gasteiger partial charge in [-0.2, -0.15) is 0 Å². The second kappa shape index (κ2) is 8.26. The third-order valence-corrected chi connectivity index (χ3v) is 4.20. The molecule has 0 saturated heterocycles. The van der Waals surface area contributed by atoms with Gasteiger partial charge in [-0.05, 0) is 48.5 Å². The van der Waals surface area contributed by atoms with Crippen molar-refractivity contribution in [2.45, 2.75) is 0 Å². The highest BCUT2D eigenvalue weighted by Gasteiger charge is 2.22. The Balaban J connectivity index is 1.81. The van der Waals surface area contributed by atoms with Crippen LogP contribution in [0.4, 0.5) is 5.69 Å². The van der Waals surface area contributed by atoms with Crippen molar-refractivity contribution in [2.75, 3.05) is 19.5 Å². The van der Waals surface area contributed by atoms with E-state index in [9.17, 15) is 14.4 Å². The van der Waals surface area contributed by atoms with Crippen molar-refractivity contribution in [3.05, 3.63) is 71.8 Å². The maximum Gasteiger partial charge on any atom is 0.272 e. The molecule has 9 heteroatoms. The summed E-state index contributed by atoms with van der Waals surface area (Å²) in [7, 11) is 2.99. The van der Waals surface area contributed by atoms with E-state index >= 15 is 0 Å². The number of carbonyl (C=O) groups is 3. The van der Waals surface area contributed by atoms with E-state index in [-0.39, 0.29) is 17.3 Å². The van der Waals surface area contributed by atoms with Gasteiger partial charge in [-0.25, -0.2) is 4.98 Å². The molecule has 1 aromatic heterocycles. The number of imidazole rings is 1. The molecule has 9 nitrogen and oxygen atoms in total. The summed E-state index contributed by atoms with van der Waals surface area (Å²) in [5.41, 5.74) is 6.94. The normalized spacial score (nSPS) is 10.3. The van der Waals surface area contributed by atoms with E-state index in [0.29, 0.717) is 22.7 Å². The zero-order valence-corrected chi connectivity index (χ0v) is 15.8. The van der Waals surface area contributed by atoms with Crippen LogP contribution >= 0.6 is 0 Å². The van der Waals surface area contributed by atoms with Crippen molar-refractivity contribution in [3.63, 3.8) is 0 Å². The number of nitrogens with zero attached hydrogens (tertiary/aromatic N) is 2. The number of primary amides is 1. The first-order chi connectivity index (χ1) is 13.9. The molecule has 148 valence electrons. The molecule has 0 spiro atoms. The highest BCUT2D eigenvalue weighted by Crippen LogP contribution is 2.19. The predicted octanol–water partition coefficient (Wildman–Crippen LogP) is 1.59. The zero-order valence-electron chi connectivity index (χ0n) is 15.8. The van der Waals surface area contributed by atoms with Crippen molar-refractivity contribution in [3.8, 4) is 11.4 Å². The van der Waals surface area contributed by atoms with Crippen molar-refractivity contribution in [2.24, 2.45) is 5.73 Å². The third kappa shape index (κ3) is 4.08. The number of ether oxygens (including phenoxy) is 1.